The van der Waals surface area contributed by atoms with Crippen LogP contribution >= 0.6 is 0 Å². The molecule has 4 heterocycles. The fourth-order valence-corrected chi connectivity index (χ4v) is 8.78. The lowest BCUT2D eigenvalue weighted by molar-refractivity contribution is 0.0308. The van der Waals surface area contributed by atoms with Gasteiger partial charge in [0.15, 0.2) is 0 Å². The van der Waals surface area contributed by atoms with Gasteiger partial charge in [0, 0.05) is 61.2 Å². The van der Waals surface area contributed by atoms with Crippen LogP contribution in [-0.2, 0) is 10.0 Å². The summed E-state index contributed by atoms with van der Waals surface area (Å²) in [4.78, 5) is 18.5. The minimum atomic E-state index is -3.57. The lowest BCUT2D eigenvalue weighted by Crippen LogP contribution is -2.50. The van der Waals surface area contributed by atoms with Gasteiger partial charge in [0.25, 0.3) is 5.91 Å². The van der Waals surface area contributed by atoms with E-state index in [-0.39, 0.29) is 36.0 Å². The number of fused-ring (bicyclic) bond motifs is 3. The number of piperazine rings is 1. The number of hydrogen-bond donors (Lipinski definition) is 0. The summed E-state index contributed by atoms with van der Waals surface area (Å²) in [6.07, 6.45) is 4.87. The number of piperidine rings is 1. The zero-order valence-corrected chi connectivity index (χ0v) is 25.4. The van der Waals surface area contributed by atoms with E-state index >= 15 is 0 Å². The number of nitrogens with zero attached hydrogens (tertiary/aromatic N) is 4. The number of aromatic nitrogens is 1. The highest BCUT2D eigenvalue weighted by molar-refractivity contribution is 7.89. The zero-order chi connectivity index (χ0) is 28.9. The van der Waals surface area contributed by atoms with E-state index in [1.54, 1.807) is 35.2 Å². The fourth-order valence-electron chi connectivity index (χ4n) is 7.34. The molecule has 41 heavy (non-hydrogen) atoms. The van der Waals surface area contributed by atoms with Gasteiger partial charge in [0.2, 0.25) is 10.0 Å². The molecule has 6 rings (SSSR count). The van der Waals surface area contributed by atoms with E-state index in [2.05, 4.69) is 49.3 Å². The van der Waals surface area contributed by atoms with Crippen molar-refractivity contribution in [2.24, 2.45) is 0 Å². The number of amides is 1. The smallest absolute Gasteiger partial charge is 0.270 e. The first-order chi connectivity index (χ1) is 19.6. The molecule has 3 aliphatic heterocycles. The Labute approximate surface area is 243 Å². The van der Waals surface area contributed by atoms with Gasteiger partial charge in [-0.05, 0) is 89.8 Å². The molecule has 3 atom stereocenters. The first-order valence-electron chi connectivity index (χ1n) is 15.1. The van der Waals surface area contributed by atoms with Crippen molar-refractivity contribution >= 4 is 26.8 Å². The molecule has 0 N–H and O–H groups in total. The Morgan fingerprint density at radius 2 is 1.51 bits per heavy atom. The lowest BCUT2D eigenvalue weighted by Gasteiger charge is -2.41. The normalized spacial score (nSPS) is 24.0. The molecule has 1 amide bonds. The molecule has 3 saturated heterocycles. The summed E-state index contributed by atoms with van der Waals surface area (Å²) >= 11 is 0. The third-order valence-electron chi connectivity index (χ3n) is 9.10. The highest BCUT2D eigenvalue weighted by Crippen LogP contribution is 2.39. The summed E-state index contributed by atoms with van der Waals surface area (Å²) in [5.41, 5.74) is 1.64. The highest BCUT2D eigenvalue weighted by Gasteiger charge is 2.42. The predicted octanol–water partition coefficient (Wildman–Crippen LogP) is 5.15. The molecule has 0 spiro atoms. The van der Waals surface area contributed by atoms with Gasteiger partial charge in [-0.1, -0.05) is 18.2 Å². The van der Waals surface area contributed by atoms with Crippen LogP contribution in [0.3, 0.4) is 0 Å². The third-order valence-corrected chi connectivity index (χ3v) is 11.0. The average molecular weight is 579 g/mol. The number of rotatable bonds is 7. The number of benzene rings is 2. The largest absolute Gasteiger partial charge is 0.490 e. The van der Waals surface area contributed by atoms with E-state index in [0.29, 0.717) is 36.9 Å². The van der Waals surface area contributed by atoms with E-state index in [1.165, 1.54) is 17.1 Å². The second kappa shape index (κ2) is 11.1. The molecule has 9 heteroatoms. The fraction of sp³-hybridized carbons (Fsp3) is 0.531. The number of hydrogen-bond acceptors (Lipinski definition) is 5. The van der Waals surface area contributed by atoms with Crippen LogP contribution in [0.2, 0.25) is 0 Å². The Hall–Kier alpha value is -2.88. The molecule has 3 aliphatic rings. The minimum absolute atomic E-state index is 0.0632. The summed E-state index contributed by atoms with van der Waals surface area (Å²) in [6, 6.07) is 18.5. The van der Waals surface area contributed by atoms with Crippen LogP contribution in [0.1, 0.15) is 69.9 Å². The molecule has 3 aromatic rings. The lowest BCUT2D eigenvalue weighted by atomic mass is 9.98. The van der Waals surface area contributed by atoms with Crippen molar-refractivity contribution in [1.29, 1.82) is 0 Å². The standard InChI is InChI=1S/C32H42N4O4S/c1-22(2)35-25-10-11-26(35)21-28(20-25)40-27-12-13-30-24(18-27)19-31(36(30)23(3)4)32(37)33-14-16-34(17-15-33)41(38,39)29-8-6-5-7-9-29/h5-9,12-13,18-19,22-23,25-26,28H,10-11,14-17,20-21H2,1-4H3/t25-,26+,28?. The van der Waals surface area contributed by atoms with Gasteiger partial charge in [0.05, 0.1) is 4.90 Å². The molecule has 0 aliphatic carbocycles. The molecule has 1 aromatic heterocycles. The van der Waals surface area contributed by atoms with Gasteiger partial charge in [-0.15, -0.1) is 0 Å². The maximum Gasteiger partial charge on any atom is 0.270 e. The van der Waals surface area contributed by atoms with Gasteiger partial charge in [-0.3, -0.25) is 9.69 Å². The van der Waals surface area contributed by atoms with E-state index < -0.39 is 10.0 Å². The Morgan fingerprint density at radius 3 is 2.12 bits per heavy atom. The Balaban J connectivity index is 1.17. The molecule has 3 fully saturated rings. The van der Waals surface area contributed by atoms with Crippen LogP contribution in [0, 0.1) is 0 Å². The molecule has 0 saturated carbocycles. The molecule has 220 valence electrons. The first kappa shape index (κ1) is 28.2. The zero-order valence-electron chi connectivity index (χ0n) is 24.6. The third kappa shape index (κ3) is 5.28. The van der Waals surface area contributed by atoms with Crippen LogP contribution in [0.5, 0.6) is 5.75 Å². The summed E-state index contributed by atoms with van der Waals surface area (Å²) in [5.74, 6) is 0.797. The van der Waals surface area contributed by atoms with E-state index in [9.17, 15) is 13.2 Å². The Kier molecular flexibility index (Phi) is 7.63. The monoisotopic (exact) mass is 578 g/mol. The highest BCUT2D eigenvalue weighted by atomic mass is 32.2. The maximum atomic E-state index is 13.8. The van der Waals surface area contributed by atoms with Gasteiger partial charge < -0.3 is 14.2 Å². The summed E-state index contributed by atoms with van der Waals surface area (Å²) in [5, 5.41) is 0.993. The molecule has 8 nitrogen and oxygen atoms in total. The van der Waals surface area contributed by atoms with Crippen molar-refractivity contribution in [2.75, 3.05) is 26.2 Å². The summed E-state index contributed by atoms with van der Waals surface area (Å²) in [6.45, 7) is 10.0. The molecule has 2 aromatic carbocycles. The van der Waals surface area contributed by atoms with Crippen LogP contribution < -0.4 is 4.74 Å². The summed E-state index contributed by atoms with van der Waals surface area (Å²) < 4.78 is 36.2. The Bertz CT molecular complexity index is 1500. The summed E-state index contributed by atoms with van der Waals surface area (Å²) in [7, 11) is -3.57. The number of carbonyl (C=O) groups is 1. The predicted molar refractivity (Wildman–Crippen MR) is 161 cm³/mol. The van der Waals surface area contributed by atoms with Crippen molar-refractivity contribution in [2.45, 2.75) is 88.5 Å². The quantitative estimate of drug-likeness (QED) is 0.388. The number of sulfonamides is 1. The minimum Gasteiger partial charge on any atom is -0.490 e. The van der Waals surface area contributed by atoms with Crippen LogP contribution in [0.25, 0.3) is 10.9 Å². The van der Waals surface area contributed by atoms with Gasteiger partial charge in [0.1, 0.15) is 17.5 Å². The van der Waals surface area contributed by atoms with Crippen LogP contribution in [0.4, 0.5) is 0 Å². The van der Waals surface area contributed by atoms with Crippen molar-refractivity contribution in [1.82, 2.24) is 18.7 Å². The maximum absolute atomic E-state index is 13.8. The molecular formula is C32H42N4O4S. The molecule has 0 radical (unpaired) electrons. The van der Waals surface area contributed by atoms with E-state index in [0.717, 1.165) is 29.5 Å². The number of carbonyl (C=O) groups excluding carboxylic acids is 1. The topological polar surface area (TPSA) is 75.1 Å². The SMILES string of the molecule is CC(C)N1[C@@H]2CC[C@H]1CC(Oc1ccc3c(c1)cc(C(=O)N1CCN(S(=O)(=O)c4ccccc4)CC1)n3C(C)C)C2. The van der Waals surface area contributed by atoms with Crippen LogP contribution in [0.15, 0.2) is 59.5 Å². The average Bonchev–Trinajstić information content (AvgIpc) is 3.48. The van der Waals surface area contributed by atoms with Crippen molar-refractivity contribution < 1.29 is 17.9 Å². The molecule has 2 bridgehead atoms. The van der Waals surface area contributed by atoms with Crippen molar-refractivity contribution in [3.05, 3.63) is 60.3 Å². The number of ether oxygens (including phenoxy) is 1. The second-order valence-corrected chi connectivity index (χ2v) is 14.3. The van der Waals surface area contributed by atoms with E-state index in [4.69, 9.17) is 4.74 Å². The van der Waals surface area contributed by atoms with Gasteiger partial charge >= 0.3 is 0 Å². The van der Waals surface area contributed by atoms with Crippen molar-refractivity contribution in [3.8, 4) is 5.75 Å². The molecule has 1 unspecified atom stereocenters. The Morgan fingerprint density at radius 1 is 0.854 bits per heavy atom. The molecular weight excluding hydrogens is 536 g/mol. The second-order valence-electron chi connectivity index (χ2n) is 12.4. The first-order valence-corrected chi connectivity index (χ1v) is 16.5. The van der Waals surface area contributed by atoms with Gasteiger partial charge in [-0.2, -0.15) is 4.31 Å². The van der Waals surface area contributed by atoms with Gasteiger partial charge in [-0.25, -0.2) is 8.42 Å². The van der Waals surface area contributed by atoms with Crippen molar-refractivity contribution in [3.63, 3.8) is 0 Å². The van der Waals surface area contributed by atoms with E-state index in [1.807, 2.05) is 12.1 Å². The van der Waals surface area contributed by atoms with Crippen LogP contribution in [-0.4, -0.2) is 83.4 Å².